The van der Waals surface area contributed by atoms with Crippen LogP contribution in [0.1, 0.15) is 40.3 Å². The van der Waals surface area contributed by atoms with E-state index >= 15 is 0 Å². The van der Waals surface area contributed by atoms with Crippen molar-refractivity contribution in [2.75, 3.05) is 26.7 Å². The predicted molar refractivity (Wildman–Crippen MR) is 129 cm³/mol. The number of nitrogens with zero attached hydrogens (tertiary/aromatic N) is 5. The lowest BCUT2D eigenvalue weighted by molar-refractivity contribution is -0.137. The number of likely N-dealkylation sites (tertiary alicyclic amines) is 1. The summed E-state index contributed by atoms with van der Waals surface area (Å²) in [5.41, 5.74) is -0.201. The SMILES string of the molecule is Cc1cc(=O)c(C(=O)N(C)C2CCN(CCc3ccccn3)CC2)nn1-c1cccc(C(F)(F)F)c1. The van der Waals surface area contributed by atoms with Gasteiger partial charge in [0.15, 0.2) is 5.69 Å². The van der Waals surface area contributed by atoms with Gasteiger partial charge in [0, 0.05) is 62.8 Å². The molecule has 0 bridgehead atoms. The van der Waals surface area contributed by atoms with Crippen molar-refractivity contribution in [1.29, 1.82) is 0 Å². The topological polar surface area (TPSA) is 71.3 Å². The summed E-state index contributed by atoms with van der Waals surface area (Å²) in [6.07, 6.45) is -0.393. The highest BCUT2D eigenvalue weighted by Gasteiger charge is 2.31. The van der Waals surface area contributed by atoms with Gasteiger partial charge in [0.2, 0.25) is 5.43 Å². The average Bonchev–Trinajstić information content (AvgIpc) is 2.87. The molecule has 0 N–H and O–H groups in total. The maximum Gasteiger partial charge on any atom is 0.416 e. The van der Waals surface area contributed by atoms with Gasteiger partial charge in [0.1, 0.15) is 0 Å². The third-order valence-corrected chi connectivity index (χ3v) is 6.56. The Balaban J connectivity index is 1.45. The van der Waals surface area contributed by atoms with Crippen LogP contribution < -0.4 is 5.43 Å². The molecule has 4 rings (SSSR count). The first-order chi connectivity index (χ1) is 17.1. The molecule has 3 aromatic rings. The molecule has 1 amide bonds. The Bertz CT molecular complexity index is 1270. The zero-order valence-corrected chi connectivity index (χ0v) is 20.2. The lowest BCUT2D eigenvalue weighted by Crippen LogP contribution is -2.47. The van der Waals surface area contributed by atoms with Gasteiger partial charge in [0.05, 0.1) is 11.3 Å². The second-order valence-corrected chi connectivity index (χ2v) is 9.02. The molecule has 0 unspecified atom stereocenters. The molecule has 190 valence electrons. The molecule has 1 saturated heterocycles. The maximum absolute atomic E-state index is 13.2. The van der Waals surface area contributed by atoms with Crippen LogP contribution in [0.3, 0.4) is 0 Å². The third kappa shape index (κ3) is 5.81. The molecule has 0 aliphatic carbocycles. The van der Waals surface area contributed by atoms with E-state index < -0.39 is 23.1 Å². The van der Waals surface area contributed by atoms with Crippen molar-refractivity contribution >= 4 is 5.91 Å². The fourth-order valence-corrected chi connectivity index (χ4v) is 4.45. The minimum atomic E-state index is -4.52. The number of aryl methyl sites for hydroxylation is 1. The molecule has 0 saturated carbocycles. The summed E-state index contributed by atoms with van der Waals surface area (Å²) in [6.45, 7) is 4.06. The van der Waals surface area contributed by atoms with Crippen LogP contribution in [0, 0.1) is 6.92 Å². The van der Waals surface area contributed by atoms with E-state index in [0.29, 0.717) is 5.69 Å². The van der Waals surface area contributed by atoms with E-state index in [-0.39, 0.29) is 17.4 Å². The Morgan fingerprint density at radius 1 is 1.11 bits per heavy atom. The highest BCUT2D eigenvalue weighted by Crippen LogP contribution is 2.30. The number of amides is 1. The van der Waals surface area contributed by atoms with Crippen molar-refractivity contribution in [1.82, 2.24) is 24.6 Å². The third-order valence-electron chi connectivity index (χ3n) is 6.56. The molecule has 2 aromatic heterocycles. The van der Waals surface area contributed by atoms with Gasteiger partial charge in [-0.05, 0) is 50.1 Å². The van der Waals surface area contributed by atoms with Gasteiger partial charge in [-0.15, -0.1) is 0 Å². The highest BCUT2D eigenvalue weighted by molar-refractivity contribution is 5.92. The molecule has 7 nitrogen and oxygen atoms in total. The number of benzene rings is 1. The fraction of sp³-hybridized carbons (Fsp3) is 0.385. The number of pyridine rings is 1. The molecule has 36 heavy (non-hydrogen) atoms. The number of carbonyl (C=O) groups is 1. The number of rotatable bonds is 6. The van der Waals surface area contributed by atoms with Crippen molar-refractivity contribution in [3.8, 4) is 5.69 Å². The van der Waals surface area contributed by atoms with E-state index in [1.165, 1.54) is 27.8 Å². The van der Waals surface area contributed by atoms with Crippen molar-refractivity contribution in [3.63, 3.8) is 0 Å². The normalized spacial score (nSPS) is 15.1. The summed E-state index contributed by atoms with van der Waals surface area (Å²) in [6, 6.07) is 11.7. The molecular weight excluding hydrogens is 471 g/mol. The second-order valence-electron chi connectivity index (χ2n) is 9.02. The number of piperidine rings is 1. The molecule has 0 spiro atoms. The lowest BCUT2D eigenvalue weighted by atomic mass is 10.0. The van der Waals surface area contributed by atoms with Gasteiger partial charge >= 0.3 is 6.18 Å². The average molecular weight is 500 g/mol. The molecule has 0 atom stereocenters. The quantitative estimate of drug-likeness (QED) is 0.517. The van der Waals surface area contributed by atoms with Crippen LogP contribution >= 0.6 is 0 Å². The number of carbonyl (C=O) groups excluding carboxylic acids is 1. The second kappa shape index (κ2) is 10.6. The first-order valence-electron chi connectivity index (χ1n) is 11.8. The van der Waals surface area contributed by atoms with Crippen molar-refractivity contribution < 1.29 is 18.0 Å². The van der Waals surface area contributed by atoms with Crippen LogP contribution in [0.5, 0.6) is 0 Å². The van der Waals surface area contributed by atoms with Crippen molar-refractivity contribution in [2.45, 2.75) is 38.4 Å². The zero-order valence-electron chi connectivity index (χ0n) is 20.2. The summed E-state index contributed by atoms with van der Waals surface area (Å²) < 4.78 is 40.8. The molecule has 1 aromatic carbocycles. The Morgan fingerprint density at radius 3 is 2.53 bits per heavy atom. The van der Waals surface area contributed by atoms with Gasteiger partial charge in [-0.1, -0.05) is 12.1 Å². The molecule has 0 radical (unpaired) electrons. The number of hydrogen-bond donors (Lipinski definition) is 0. The molecule has 1 fully saturated rings. The molecular formula is C26H28F3N5O2. The number of halogens is 3. The highest BCUT2D eigenvalue weighted by atomic mass is 19.4. The monoisotopic (exact) mass is 499 g/mol. The van der Waals surface area contributed by atoms with Gasteiger partial charge in [-0.2, -0.15) is 18.3 Å². The van der Waals surface area contributed by atoms with E-state index in [4.69, 9.17) is 0 Å². The summed E-state index contributed by atoms with van der Waals surface area (Å²) in [5, 5.41) is 4.19. The van der Waals surface area contributed by atoms with Gasteiger partial charge in [-0.3, -0.25) is 14.6 Å². The Morgan fingerprint density at radius 2 is 1.86 bits per heavy atom. The molecule has 1 aliphatic rings. The van der Waals surface area contributed by atoms with Crippen LogP contribution in [0.25, 0.3) is 5.69 Å². The Labute approximate surface area is 207 Å². The molecule has 10 heteroatoms. The maximum atomic E-state index is 13.2. The molecule has 3 heterocycles. The summed E-state index contributed by atoms with van der Waals surface area (Å²) in [7, 11) is 1.64. The van der Waals surface area contributed by atoms with Crippen LogP contribution in [-0.2, 0) is 12.6 Å². The first kappa shape index (κ1) is 25.6. The van der Waals surface area contributed by atoms with Crippen molar-refractivity contribution in [3.05, 3.63) is 87.6 Å². The van der Waals surface area contributed by atoms with Gasteiger partial charge < -0.3 is 9.80 Å². The van der Waals surface area contributed by atoms with E-state index in [1.807, 2.05) is 18.2 Å². The minimum absolute atomic E-state index is 0.0619. The fourth-order valence-electron chi connectivity index (χ4n) is 4.45. The molecule has 1 aliphatic heterocycles. The Kier molecular flexibility index (Phi) is 7.53. The Hall–Kier alpha value is -3.53. The van der Waals surface area contributed by atoms with E-state index in [2.05, 4.69) is 15.0 Å². The largest absolute Gasteiger partial charge is 0.416 e. The minimum Gasteiger partial charge on any atom is -0.337 e. The van der Waals surface area contributed by atoms with E-state index in [9.17, 15) is 22.8 Å². The summed E-state index contributed by atoms with van der Waals surface area (Å²) in [4.78, 5) is 34.1. The number of hydrogen-bond acceptors (Lipinski definition) is 5. The summed E-state index contributed by atoms with van der Waals surface area (Å²) in [5.74, 6) is -0.535. The zero-order chi connectivity index (χ0) is 25.9. The predicted octanol–water partition coefficient (Wildman–Crippen LogP) is 3.73. The van der Waals surface area contributed by atoms with Crippen LogP contribution in [0.2, 0.25) is 0 Å². The smallest absolute Gasteiger partial charge is 0.337 e. The van der Waals surface area contributed by atoms with Gasteiger partial charge in [-0.25, -0.2) is 4.68 Å². The number of aromatic nitrogens is 3. The van der Waals surface area contributed by atoms with E-state index in [1.54, 1.807) is 20.2 Å². The summed E-state index contributed by atoms with van der Waals surface area (Å²) >= 11 is 0. The standard InChI is InChI=1S/C26H28F3N5O2/c1-18-16-23(35)24(31-34(18)22-8-5-6-19(17-22)26(27,28)29)25(36)32(2)21-10-14-33(15-11-21)13-9-20-7-3-4-12-30-20/h3-8,12,16-17,21H,9-11,13-15H2,1-2H3. The van der Waals surface area contributed by atoms with Gasteiger partial charge in [0.25, 0.3) is 5.91 Å². The van der Waals surface area contributed by atoms with Crippen LogP contribution in [0.4, 0.5) is 13.2 Å². The number of alkyl halides is 3. The first-order valence-corrected chi connectivity index (χ1v) is 11.8. The van der Waals surface area contributed by atoms with Crippen molar-refractivity contribution in [2.24, 2.45) is 0 Å². The van der Waals surface area contributed by atoms with E-state index in [0.717, 1.165) is 56.7 Å². The lowest BCUT2D eigenvalue weighted by Gasteiger charge is -2.36. The van der Waals surface area contributed by atoms with Crippen LogP contribution in [-0.4, -0.2) is 63.2 Å². The van der Waals surface area contributed by atoms with Crippen LogP contribution in [0.15, 0.2) is 59.5 Å².